The van der Waals surface area contributed by atoms with Crippen molar-refractivity contribution in [2.45, 2.75) is 26.1 Å². The van der Waals surface area contributed by atoms with Crippen molar-refractivity contribution in [2.75, 3.05) is 14.1 Å². The first-order chi connectivity index (χ1) is 10.1. The second-order valence-electron chi connectivity index (χ2n) is 5.26. The highest BCUT2D eigenvalue weighted by molar-refractivity contribution is 6.31. The van der Waals surface area contributed by atoms with Crippen molar-refractivity contribution in [2.24, 2.45) is 0 Å². The summed E-state index contributed by atoms with van der Waals surface area (Å²) in [5.41, 5.74) is 3.28. The molecule has 1 atom stereocenters. The molecule has 1 heterocycles. The highest BCUT2D eigenvalue weighted by Crippen LogP contribution is 2.26. The molecule has 0 bridgehead atoms. The monoisotopic (exact) mass is 303 g/mol. The first-order valence-electron chi connectivity index (χ1n) is 7.16. The van der Waals surface area contributed by atoms with Crippen LogP contribution in [0, 0.1) is 0 Å². The van der Waals surface area contributed by atoms with Crippen LogP contribution in [0.2, 0.25) is 5.02 Å². The van der Waals surface area contributed by atoms with Gasteiger partial charge in [0.1, 0.15) is 0 Å². The number of nitrogens with one attached hydrogen (secondary N) is 1. The van der Waals surface area contributed by atoms with E-state index in [2.05, 4.69) is 47.4 Å². The molecule has 1 N–H and O–H groups in total. The Morgan fingerprint density at radius 3 is 2.57 bits per heavy atom. The van der Waals surface area contributed by atoms with Gasteiger partial charge in [-0.1, -0.05) is 35.9 Å². The third-order valence-electron chi connectivity index (χ3n) is 3.65. The lowest BCUT2D eigenvalue weighted by atomic mass is 10.1. The van der Waals surface area contributed by atoms with Gasteiger partial charge in [0, 0.05) is 24.2 Å². The van der Waals surface area contributed by atoms with E-state index in [0.29, 0.717) is 0 Å². The molecule has 0 saturated carbocycles. The van der Waals surface area contributed by atoms with Crippen LogP contribution in [0.25, 0.3) is 0 Å². The SMILES string of the molecule is CNCc1cccc(CN(C)C(C)c2ccccc2Cl)n1. The standard InChI is InChI=1S/C17H22ClN3/c1-13(16-9-4-5-10-17(16)18)21(3)12-15-8-6-7-14(20-15)11-19-2/h4-10,13,19H,11-12H2,1-3H3. The minimum absolute atomic E-state index is 0.244. The molecule has 112 valence electrons. The molecule has 0 aliphatic heterocycles. The number of hydrogen-bond donors (Lipinski definition) is 1. The Labute approximate surface area is 132 Å². The van der Waals surface area contributed by atoms with Gasteiger partial charge < -0.3 is 5.32 Å². The fourth-order valence-electron chi connectivity index (χ4n) is 2.34. The third kappa shape index (κ3) is 4.27. The molecule has 0 spiro atoms. The van der Waals surface area contributed by atoms with Gasteiger partial charge in [-0.25, -0.2) is 0 Å². The van der Waals surface area contributed by atoms with Crippen LogP contribution in [0.1, 0.15) is 29.9 Å². The number of nitrogens with zero attached hydrogens (tertiary/aromatic N) is 2. The Hall–Kier alpha value is -1.42. The van der Waals surface area contributed by atoms with Gasteiger partial charge in [0.05, 0.1) is 11.4 Å². The summed E-state index contributed by atoms with van der Waals surface area (Å²) in [5.74, 6) is 0. The van der Waals surface area contributed by atoms with Crippen molar-refractivity contribution in [1.29, 1.82) is 0 Å². The van der Waals surface area contributed by atoms with Crippen molar-refractivity contribution >= 4 is 11.6 Å². The van der Waals surface area contributed by atoms with E-state index < -0.39 is 0 Å². The minimum Gasteiger partial charge on any atom is -0.314 e. The zero-order valence-corrected chi connectivity index (χ0v) is 13.6. The van der Waals surface area contributed by atoms with E-state index in [9.17, 15) is 0 Å². The largest absolute Gasteiger partial charge is 0.314 e. The maximum absolute atomic E-state index is 6.28. The molecule has 21 heavy (non-hydrogen) atoms. The van der Waals surface area contributed by atoms with Gasteiger partial charge in [-0.2, -0.15) is 0 Å². The second kappa shape index (κ2) is 7.55. The Balaban J connectivity index is 2.09. The quantitative estimate of drug-likeness (QED) is 0.883. The predicted molar refractivity (Wildman–Crippen MR) is 88.3 cm³/mol. The molecule has 0 amide bonds. The van der Waals surface area contributed by atoms with Crippen LogP contribution < -0.4 is 5.32 Å². The van der Waals surface area contributed by atoms with Crippen LogP contribution in [0.15, 0.2) is 42.5 Å². The molecule has 1 unspecified atom stereocenters. The Bertz CT molecular complexity index is 586. The molecule has 2 aromatic rings. The van der Waals surface area contributed by atoms with E-state index >= 15 is 0 Å². The summed E-state index contributed by atoms with van der Waals surface area (Å²) in [7, 11) is 4.03. The number of halogens is 1. The van der Waals surface area contributed by atoms with Gasteiger partial charge in [-0.3, -0.25) is 9.88 Å². The second-order valence-corrected chi connectivity index (χ2v) is 5.67. The third-order valence-corrected chi connectivity index (χ3v) is 3.99. The number of pyridine rings is 1. The van der Waals surface area contributed by atoms with E-state index in [1.54, 1.807) is 0 Å². The highest BCUT2D eigenvalue weighted by atomic mass is 35.5. The summed E-state index contributed by atoms with van der Waals surface area (Å²) < 4.78 is 0. The molecular formula is C17H22ClN3. The van der Waals surface area contributed by atoms with Crippen molar-refractivity contribution < 1.29 is 0 Å². The van der Waals surface area contributed by atoms with Crippen LogP contribution >= 0.6 is 11.6 Å². The number of hydrogen-bond acceptors (Lipinski definition) is 3. The molecule has 3 nitrogen and oxygen atoms in total. The molecule has 0 fully saturated rings. The lowest BCUT2D eigenvalue weighted by Crippen LogP contribution is -2.23. The average Bonchev–Trinajstić information content (AvgIpc) is 2.48. The number of aromatic nitrogens is 1. The van der Waals surface area contributed by atoms with Crippen molar-refractivity contribution in [3.05, 3.63) is 64.4 Å². The van der Waals surface area contributed by atoms with Crippen LogP contribution in [-0.4, -0.2) is 24.0 Å². The summed E-state index contributed by atoms with van der Waals surface area (Å²) in [6, 6.07) is 14.4. The molecule has 0 saturated heterocycles. The molecular weight excluding hydrogens is 282 g/mol. The summed E-state index contributed by atoms with van der Waals surface area (Å²) in [5, 5.41) is 3.94. The normalized spacial score (nSPS) is 12.6. The molecule has 4 heteroatoms. The van der Waals surface area contributed by atoms with Crippen LogP contribution in [0.4, 0.5) is 0 Å². The van der Waals surface area contributed by atoms with Crippen LogP contribution in [-0.2, 0) is 13.1 Å². The molecule has 0 aliphatic rings. The van der Waals surface area contributed by atoms with Crippen LogP contribution in [0.5, 0.6) is 0 Å². The molecule has 2 rings (SSSR count). The van der Waals surface area contributed by atoms with Crippen molar-refractivity contribution in [3.63, 3.8) is 0 Å². The lowest BCUT2D eigenvalue weighted by Gasteiger charge is -2.25. The zero-order chi connectivity index (χ0) is 15.2. The molecule has 0 radical (unpaired) electrons. The van der Waals surface area contributed by atoms with Gasteiger partial charge in [-0.15, -0.1) is 0 Å². The molecule has 1 aromatic carbocycles. The van der Waals surface area contributed by atoms with Gasteiger partial charge in [0.15, 0.2) is 0 Å². The maximum atomic E-state index is 6.28. The van der Waals surface area contributed by atoms with Gasteiger partial charge >= 0.3 is 0 Å². The van der Waals surface area contributed by atoms with Crippen LogP contribution in [0.3, 0.4) is 0 Å². The van der Waals surface area contributed by atoms with Crippen molar-refractivity contribution in [3.8, 4) is 0 Å². The fourth-order valence-corrected chi connectivity index (χ4v) is 2.63. The smallest absolute Gasteiger partial charge is 0.0547 e. The van der Waals surface area contributed by atoms with Gasteiger partial charge in [-0.05, 0) is 44.8 Å². The van der Waals surface area contributed by atoms with E-state index in [-0.39, 0.29) is 6.04 Å². The molecule has 1 aromatic heterocycles. The first kappa shape index (κ1) is 16.0. The topological polar surface area (TPSA) is 28.2 Å². The average molecular weight is 304 g/mol. The Kier molecular flexibility index (Phi) is 5.74. The molecule has 0 aliphatic carbocycles. The predicted octanol–water partition coefficient (Wildman–Crippen LogP) is 3.65. The highest BCUT2D eigenvalue weighted by Gasteiger charge is 2.15. The first-order valence-corrected chi connectivity index (χ1v) is 7.53. The Morgan fingerprint density at radius 1 is 1.14 bits per heavy atom. The van der Waals surface area contributed by atoms with E-state index in [0.717, 1.165) is 35.1 Å². The number of benzene rings is 1. The van der Waals surface area contributed by atoms with E-state index in [1.165, 1.54) is 0 Å². The van der Waals surface area contributed by atoms with Gasteiger partial charge in [0.2, 0.25) is 0 Å². The maximum Gasteiger partial charge on any atom is 0.0547 e. The van der Waals surface area contributed by atoms with E-state index in [1.807, 2.05) is 31.3 Å². The lowest BCUT2D eigenvalue weighted by molar-refractivity contribution is 0.250. The van der Waals surface area contributed by atoms with Crippen molar-refractivity contribution in [1.82, 2.24) is 15.2 Å². The van der Waals surface area contributed by atoms with E-state index in [4.69, 9.17) is 11.6 Å². The minimum atomic E-state index is 0.244. The summed E-state index contributed by atoms with van der Waals surface area (Å²) >= 11 is 6.28. The fraction of sp³-hybridized carbons (Fsp3) is 0.353. The Morgan fingerprint density at radius 2 is 1.86 bits per heavy atom. The zero-order valence-electron chi connectivity index (χ0n) is 12.8. The summed E-state index contributed by atoms with van der Waals surface area (Å²) in [6.45, 7) is 3.75. The number of rotatable bonds is 6. The summed E-state index contributed by atoms with van der Waals surface area (Å²) in [6.07, 6.45) is 0. The summed E-state index contributed by atoms with van der Waals surface area (Å²) in [4.78, 5) is 6.92. The van der Waals surface area contributed by atoms with Gasteiger partial charge in [0.25, 0.3) is 0 Å².